The predicted molar refractivity (Wildman–Crippen MR) is 82.0 cm³/mol. The third-order valence-electron chi connectivity index (χ3n) is 3.46. The number of anilines is 2. The maximum atomic E-state index is 5.79. The molecule has 2 aromatic heterocycles. The van der Waals surface area contributed by atoms with E-state index in [0.29, 0.717) is 5.13 Å². The molecule has 6 heteroatoms. The highest BCUT2D eigenvalue weighted by Gasteiger charge is 2.21. The van der Waals surface area contributed by atoms with Crippen LogP contribution < -0.4 is 10.6 Å². The number of nitrogen functional groups attached to an aromatic ring is 1. The average Bonchev–Trinajstić information content (AvgIpc) is 2.77. The number of thiazole rings is 1. The molecule has 0 aromatic carbocycles. The molecule has 0 bridgehead atoms. The van der Waals surface area contributed by atoms with E-state index in [9.17, 15) is 0 Å². The monoisotopic (exact) mass is 289 g/mol. The van der Waals surface area contributed by atoms with E-state index in [1.807, 2.05) is 6.92 Å². The molecule has 0 amide bonds. The van der Waals surface area contributed by atoms with Gasteiger partial charge in [-0.15, -0.1) is 11.3 Å². The van der Waals surface area contributed by atoms with Crippen molar-refractivity contribution in [2.45, 2.75) is 39.7 Å². The third-order valence-corrected chi connectivity index (χ3v) is 4.37. The topological polar surface area (TPSA) is 67.9 Å². The van der Waals surface area contributed by atoms with Crippen LogP contribution in [0.15, 0.2) is 6.07 Å². The molecular weight excluding hydrogens is 270 g/mol. The molecule has 5 nitrogen and oxygen atoms in total. The van der Waals surface area contributed by atoms with Gasteiger partial charge in [-0.3, -0.25) is 0 Å². The summed E-state index contributed by atoms with van der Waals surface area (Å²) >= 11 is 1.59. The molecule has 0 saturated carbocycles. The Morgan fingerprint density at radius 2 is 2.20 bits per heavy atom. The van der Waals surface area contributed by atoms with E-state index in [0.717, 1.165) is 55.4 Å². The fraction of sp³-hybridized carbons (Fsp3) is 0.500. The van der Waals surface area contributed by atoms with E-state index in [2.05, 4.69) is 32.8 Å². The van der Waals surface area contributed by atoms with E-state index < -0.39 is 0 Å². The van der Waals surface area contributed by atoms with Crippen molar-refractivity contribution in [2.75, 3.05) is 17.2 Å². The third kappa shape index (κ3) is 2.60. The van der Waals surface area contributed by atoms with Crippen LogP contribution in [0.4, 0.5) is 10.9 Å². The molecule has 1 aliphatic heterocycles. The molecule has 0 aliphatic carbocycles. The zero-order chi connectivity index (χ0) is 14.1. The van der Waals surface area contributed by atoms with Crippen molar-refractivity contribution in [3.05, 3.63) is 28.2 Å². The van der Waals surface area contributed by atoms with Crippen LogP contribution in [-0.2, 0) is 19.4 Å². The van der Waals surface area contributed by atoms with Crippen molar-refractivity contribution in [3.8, 4) is 0 Å². The first kappa shape index (κ1) is 13.3. The predicted octanol–water partition coefficient (Wildman–Crippen LogP) is 2.34. The molecular formula is C14H19N5S. The van der Waals surface area contributed by atoms with Gasteiger partial charge < -0.3 is 10.6 Å². The Morgan fingerprint density at radius 3 is 3.00 bits per heavy atom. The summed E-state index contributed by atoms with van der Waals surface area (Å²) in [5.74, 6) is 1.87. The number of fused-ring (bicyclic) bond motifs is 1. The lowest BCUT2D eigenvalue weighted by atomic mass is 10.1. The van der Waals surface area contributed by atoms with Gasteiger partial charge in [-0.25, -0.2) is 15.0 Å². The fourth-order valence-electron chi connectivity index (χ4n) is 2.57. The van der Waals surface area contributed by atoms with Crippen molar-refractivity contribution >= 4 is 22.3 Å². The molecule has 106 valence electrons. The summed E-state index contributed by atoms with van der Waals surface area (Å²) in [6.07, 6.45) is 3.05. The standard InChI is InChI=1S/C14H19N5S/c1-3-4-10-7-13(17-9(2)16-10)19-6-5-11-12(8-19)20-14(15)18-11/h7H,3-6,8H2,1-2H3,(H2,15,18). The number of nitrogens with zero attached hydrogens (tertiary/aromatic N) is 4. The number of aryl methyl sites for hydroxylation is 2. The highest BCUT2D eigenvalue weighted by atomic mass is 32.1. The van der Waals surface area contributed by atoms with Crippen LogP contribution in [0.2, 0.25) is 0 Å². The van der Waals surface area contributed by atoms with Crippen LogP contribution in [0.1, 0.15) is 35.4 Å². The second kappa shape index (κ2) is 5.36. The van der Waals surface area contributed by atoms with Crippen LogP contribution in [0.5, 0.6) is 0 Å². The molecule has 2 aromatic rings. The summed E-state index contributed by atoms with van der Waals surface area (Å²) in [7, 11) is 0. The normalized spacial score (nSPS) is 14.4. The summed E-state index contributed by atoms with van der Waals surface area (Å²) in [5, 5.41) is 0.669. The molecule has 2 N–H and O–H groups in total. The summed E-state index contributed by atoms with van der Waals surface area (Å²) in [5.41, 5.74) is 8.08. The van der Waals surface area contributed by atoms with Gasteiger partial charge in [0, 0.05) is 29.6 Å². The quantitative estimate of drug-likeness (QED) is 0.939. The van der Waals surface area contributed by atoms with E-state index in [1.54, 1.807) is 11.3 Å². The van der Waals surface area contributed by atoms with Gasteiger partial charge in [0.2, 0.25) is 0 Å². The Balaban J connectivity index is 1.87. The number of nitrogens with two attached hydrogens (primary N) is 1. The summed E-state index contributed by atoms with van der Waals surface area (Å²) in [6.45, 7) is 5.93. The van der Waals surface area contributed by atoms with Crippen LogP contribution in [0, 0.1) is 6.92 Å². The maximum absolute atomic E-state index is 5.79. The van der Waals surface area contributed by atoms with Gasteiger partial charge in [0.25, 0.3) is 0 Å². The first-order valence-corrected chi connectivity index (χ1v) is 7.81. The number of aromatic nitrogens is 3. The van der Waals surface area contributed by atoms with Crippen LogP contribution in [-0.4, -0.2) is 21.5 Å². The van der Waals surface area contributed by atoms with Gasteiger partial charge in [0.15, 0.2) is 5.13 Å². The Hall–Kier alpha value is -1.69. The zero-order valence-electron chi connectivity index (χ0n) is 11.9. The first-order valence-electron chi connectivity index (χ1n) is 6.99. The van der Waals surface area contributed by atoms with Crippen molar-refractivity contribution in [3.63, 3.8) is 0 Å². The van der Waals surface area contributed by atoms with E-state index in [-0.39, 0.29) is 0 Å². The van der Waals surface area contributed by atoms with Crippen LogP contribution in [0.3, 0.4) is 0 Å². The highest BCUT2D eigenvalue weighted by Crippen LogP contribution is 2.28. The molecule has 0 saturated heterocycles. The van der Waals surface area contributed by atoms with E-state index >= 15 is 0 Å². The molecule has 20 heavy (non-hydrogen) atoms. The molecule has 0 spiro atoms. The number of hydrogen-bond acceptors (Lipinski definition) is 6. The molecule has 0 atom stereocenters. The Bertz CT molecular complexity index is 622. The van der Waals surface area contributed by atoms with Crippen molar-refractivity contribution in [1.29, 1.82) is 0 Å². The van der Waals surface area contributed by atoms with E-state index in [1.165, 1.54) is 4.88 Å². The summed E-state index contributed by atoms with van der Waals surface area (Å²) in [6, 6.07) is 2.12. The Labute approximate surface area is 122 Å². The summed E-state index contributed by atoms with van der Waals surface area (Å²) < 4.78 is 0. The Morgan fingerprint density at radius 1 is 1.35 bits per heavy atom. The second-order valence-electron chi connectivity index (χ2n) is 5.11. The molecule has 3 heterocycles. The molecule has 0 fully saturated rings. The van der Waals surface area contributed by atoms with Gasteiger partial charge in [-0.05, 0) is 13.3 Å². The minimum absolute atomic E-state index is 0.669. The van der Waals surface area contributed by atoms with Gasteiger partial charge >= 0.3 is 0 Å². The minimum atomic E-state index is 0.669. The maximum Gasteiger partial charge on any atom is 0.180 e. The number of rotatable bonds is 3. The number of hydrogen-bond donors (Lipinski definition) is 1. The first-order chi connectivity index (χ1) is 9.65. The average molecular weight is 289 g/mol. The lowest BCUT2D eigenvalue weighted by Gasteiger charge is -2.27. The van der Waals surface area contributed by atoms with Crippen LogP contribution >= 0.6 is 11.3 Å². The lowest BCUT2D eigenvalue weighted by Crippen LogP contribution is -2.30. The second-order valence-corrected chi connectivity index (χ2v) is 6.22. The van der Waals surface area contributed by atoms with Crippen LogP contribution in [0.25, 0.3) is 0 Å². The molecule has 0 radical (unpaired) electrons. The smallest absolute Gasteiger partial charge is 0.180 e. The summed E-state index contributed by atoms with van der Waals surface area (Å²) in [4.78, 5) is 17.0. The highest BCUT2D eigenvalue weighted by molar-refractivity contribution is 7.15. The molecule has 1 aliphatic rings. The Kier molecular flexibility index (Phi) is 3.56. The van der Waals surface area contributed by atoms with Crippen molar-refractivity contribution < 1.29 is 0 Å². The van der Waals surface area contributed by atoms with Crippen molar-refractivity contribution in [2.24, 2.45) is 0 Å². The fourth-order valence-corrected chi connectivity index (χ4v) is 3.46. The minimum Gasteiger partial charge on any atom is -0.375 e. The van der Waals surface area contributed by atoms with Gasteiger partial charge in [-0.1, -0.05) is 13.3 Å². The lowest BCUT2D eigenvalue weighted by molar-refractivity contribution is 0.711. The van der Waals surface area contributed by atoms with Gasteiger partial charge in [0.05, 0.1) is 12.2 Å². The largest absolute Gasteiger partial charge is 0.375 e. The molecule has 3 rings (SSSR count). The van der Waals surface area contributed by atoms with Crippen molar-refractivity contribution in [1.82, 2.24) is 15.0 Å². The SMILES string of the molecule is CCCc1cc(N2CCc3nc(N)sc3C2)nc(C)n1. The van der Waals surface area contributed by atoms with Gasteiger partial charge in [0.1, 0.15) is 11.6 Å². The molecule has 0 unspecified atom stereocenters. The van der Waals surface area contributed by atoms with E-state index in [4.69, 9.17) is 5.73 Å². The van der Waals surface area contributed by atoms with Gasteiger partial charge in [-0.2, -0.15) is 0 Å². The zero-order valence-corrected chi connectivity index (χ0v) is 12.7.